The van der Waals surface area contributed by atoms with Crippen molar-refractivity contribution in [3.63, 3.8) is 0 Å². The van der Waals surface area contributed by atoms with Gasteiger partial charge < -0.3 is 9.47 Å². The van der Waals surface area contributed by atoms with Crippen molar-refractivity contribution in [2.45, 2.75) is 32.3 Å². The lowest BCUT2D eigenvalue weighted by molar-refractivity contribution is -0.385. The van der Waals surface area contributed by atoms with Crippen LogP contribution in [0.5, 0.6) is 0 Å². The van der Waals surface area contributed by atoms with E-state index >= 15 is 0 Å². The van der Waals surface area contributed by atoms with Crippen LogP contribution in [-0.2, 0) is 9.47 Å². The van der Waals surface area contributed by atoms with Crippen LogP contribution >= 0.6 is 11.6 Å². The van der Waals surface area contributed by atoms with Crippen LogP contribution < -0.4 is 5.32 Å². The van der Waals surface area contributed by atoms with E-state index in [2.05, 4.69) is 10.1 Å². The SMILES string of the molecule is COC(=O)c1c(NC(=O)OC(C)CCCCCl)cccc1[N+](=O)[O-]. The molecule has 1 rings (SSSR count). The summed E-state index contributed by atoms with van der Waals surface area (Å²) in [7, 11) is 1.10. The van der Waals surface area contributed by atoms with E-state index in [1.165, 1.54) is 12.1 Å². The maximum Gasteiger partial charge on any atom is 0.411 e. The number of ether oxygens (including phenoxy) is 2. The van der Waals surface area contributed by atoms with Crippen LogP contribution in [-0.4, -0.2) is 36.1 Å². The largest absolute Gasteiger partial charge is 0.465 e. The molecule has 0 heterocycles. The molecule has 0 saturated carbocycles. The molecule has 0 aliphatic rings. The monoisotopic (exact) mass is 358 g/mol. The maximum absolute atomic E-state index is 11.9. The number of halogens is 1. The number of nitro groups is 1. The van der Waals surface area contributed by atoms with Crippen molar-refractivity contribution in [2.75, 3.05) is 18.3 Å². The topological polar surface area (TPSA) is 108 Å². The fourth-order valence-corrected chi connectivity index (χ4v) is 2.21. The van der Waals surface area contributed by atoms with Crippen molar-refractivity contribution in [1.82, 2.24) is 0 Å². The minimum Gasteiger partial charge on any atom is -0.465 e. The highest BCUT2D eigenvalue weighted by Gasteiger charge is 2.26. The average molecular weight is 359 g/mol. The molecule has 0 aliphatic heterocycles. The van der Waals surface area contributed by atoms with Crippen LogP contribution in [0, 0.1) is 10.1 Å². The van der Waals surface area contributed by atoms with Crippen LogP contribution in [0.2, 0.25) is 0 Å². The number of nitro benzene ring substituents is 1. The molecule has 9 heteroatoms. The Kier molecular flexibility index (Phi) is 7.97. The first-order chi connectivity index (χ1) is 11.4. The highest BCUT2D eigenvalue weighted by Crippen LogP contribution is 2.27. The number of esters is 1. The number of methoxy groups -OCH3 is 1. The molecule has 0 aliphatic carbocycles. The minimum atomic E-state index is -0.923. The third kappa shape index (κ3) is 5.69. The molecule has 8 nitrogen and oxygen atoms in total. The van der Waals surface area contributed by atoms with Crippen molar-refractivity contribution in [1.29, 1.82) is 0 Å². The van der Waals surface area contributed by atoms with E-state index < -0.39 is 22.7 Å². The number of carbonyl (C=O) groups excluding carboxylic acids is 2. The van der Waals surface area contributed by atoms with Crippen molar-refractivity contribution in [3.8, 4) is 0 Å². The summed E-state index contributed by atoms with van der Waals surface area (Å²) in [5.74, 6) is -0.387. The lowest BCUT2D eigenvalue weighted by atomic mass is 10.1. The van der Waals surface area contributed by atoms with Crippen molar-refractivity contribution >= 4 is 35.0 Å². The van der Waals surface area contributed by atoms with Gasteiger partial charge in [0.25, 0.3) is 5.69 Å². The first-order valence-electron chi connectivity index (χ1n) is 7.30. The Bertz CT molecular complexity index is 608. The molecular formula is C15H19ClN2O6. The Morgan fingerprint density at radius 1 is 1.38 bits per heavy atom. The van der Waals surface area contributed by atoms with Gasteiger partial charge in [-0.1, -0.05) is 6.07 Å². The number of hydrogen-bond donors (Lipinski definition) is 1. The van der Waals surface area contributed by atoms with Crippen molar-refractivity contribution in [3.05, 3.63) is 33.9 Å². The lowest BCUT2D eigenvalue weighted by Gasteiger charge is -2.15. The second-order valence-electron chi connectivity index (χ2n) is 4.97. The minimum absolute atomic E-state index is 0.0472. The Labute approximate surface area is 144 Å². The summed E-state index contributed by atoms with van der Waals surface area (Å²) < 4.78 is 9.70. The van der Waals surface area contributed by atoms with Gasteiger partial charge in [0.2, 0.25) is 0 Å². The predicted octanol–water partition coefficient (Wildman–Crippen LogP) is 3.73. The highest BCUT2D eigenvalue weighted by molar-refractivity contribution is 6.17. The smallest absolute Gasteiger partial charge is 0.411 e. The summed E-state index contributed by atoms with van der Waals surface area (Å²) in [6, 6.07) is 3.86. The molecule has 1 aromatic rings. The number of anilines is 1. The summed E-state index contributed by atoms with van der Waals surface area (Å²) >= 11 is 5.58. The van der Waals surface area contributed by atoms with Crippen molar-refractivity contribution in [2.24, 2.45) is 0 Å². The fourth-order valence-electron chi connectivity index (χ4n) is 2.02. The molecule has 1 aromatic carbocycles. The van der Waals surface area contributed by atoms with Gasteiger partial charge in [-0.25, -0.2) is 9.59 Å². The first kappa shape index (κ1) is 19.7. The van der Waals surface area contributed by atoms with Gasteiger partial charge in [0.1, 0.15) is 6.10 Å². The standard InChI is InChI=1S/C15H19ClN2O6/c1-10(6-3-4-9-16)24-15(20)17-11-7-5-8-12(18(21)22)13(11)14(19)23-2/h5,7-8,10H,3-4,6,9H2,1-2H3,(H,17,20). The fraction of sp³-hybridized carbons (Fsp3) is 0.467. The van der Waals surface area contributed by atoms with E-state index in [0.717, 1.165) is 26.0 Å². The number of alkyl halides is 1. The number of carbonyl (C=O) groups is 2. The normalized spacial score (nSPS) is 11.5. The Morgan fingerprint density at radius 2 is 2.08 bits per heavy atom. The summed E-state index contributed by atoms with van der Waals surface area (Å²) in [6.45, 7) is 1.72. The number of nitrogens with zero attached hydrogens (tertiary/aromatic N) is 1. The number of nitrogens with one attached hydrogen (secondary N) is 1. The van der Waals surface area contributed by atoms with E-state index in [0.29, 0.717) is 12.3 Å². The molecule has 1 amide bonds. The van der Waals surface area contributed by atoms with Crippen LogP contribution in [0.3, 0.4) is 0 Å². The number of rotatable bonds is 8. The summed E-state index contributed by atoms with van der Waals surface area (Å²) in [5, 5.41) is 13.4. The quantitative estimate of drug-likeness (QED) is 0.249. The summed E-state index contributed by atoms with van der Waals surface area (Å²) in [6.07, 6.45) is 1.10. The second-order valence-corrected chi connectivity index (χ2v) is 5.35. The Balaban J connectivity index is 2.86. The van der Waals surface area contributed by atoms with Crippen LogP contribution in [0.25, 0.3) is 0 Å². The van der Waals surface area contributed by atoms with Gasteiger partial charge in [-0.05, 0) is 32.3 Å². The predicted molar refractivity (Wildman–Crippen MR) is 88.6 cm³/mol. The van der Waals surface area contributed by atoms with Gasteiger partial charge in [-0.3, -0.25) is 15.4 Å². The summed E-state index contributed by atoms with van der Waals surface area (Å²) in [4.78, 5) is 34.0. The molecular weight excluding hydrogens is 340 g/mol. The molecule has 0 fully saturated rings. The van der Waals surface area contributed by atoms with E-state index in [-0.39, 0.29) is 17.4 Å². The molecule has 0 radical (unpaired) electrons. The molecule has 0 saturated heterocycles. The van der Waals surface area contributed by atoms with Crippen LogP contribution in [0.15, 0.2) is 18.2 Å². The van der Waals surface area contributed by atoms with Crippen LogP contribution in [0.1, 0.15) is 36.5 Å². The molecule has 0 bridgehead atoms. The molecule has 0 spiro atoms. The van der Waals surface area contributed by atoms with Gasteiger partial charge in [-0.15, -0.1) is 11.6 Å². The Morgan fingerprint density at radius 3 is 2.67 bits per heavy atom. The zero-order valence-corrected chi connectivity index (χ0v) is 14.2. The molecule has 24 heavy (non-hydrogen) atoms. The average Bonchev–Trinajstić information content (AvgIpc) is 2.53. The maximum atomic E-state index is 11.9. The third-order valence-electron chi connectivity index (χ3n) is 3.17. The highest BCUT2D eigenvalue weighted by atomic mass is 35.5. The number of amides is 1. The van der Waals surface area contributed by atoms with Gasteiger partial charge in [0.15, 0.2) is 5.56 Å². The van der Waals surface area contributed by atoms with Crippen molar-refractivity contribution < 1.29 is 24.0 Å². The van der Waals surface area contributed by atoms with Crippen LogP contribution in [0.4, 0.5) is 16.2 Å². The van der Waals surface area contributed by atoms with Gasteiger partial charge in [-0.2, -0.15) is 0 Å². The second kappa shape index (κ2) is 9.71. The van der Waals surface area contributed by atoms with Gasteiger partial charge in [0.05, 0.1) is 17.7 Å². The zero-order chi connectivity index (χ0) is 18.1. The molecule has 1 N–H and O–H groups in total. The Hall–Kier alpha value is -2.35. The number of benzene rings is 1. The van der Waals surface area contributed by atoms with E-state index in [9.17, 15) is 19.7 Å². The number of hydrogen-bond acceptors (Lipinski definition) is 6. The van der Waals surface area contributed by atoms with E-state index in [1.807, 2.05) is 0 Å². The zero-order valence-electron chi connectivity index (χ0n) is 13.4. The molecule has 1 unspecified atom stereocenters. The summed E-state index contributed by atoms with van der Waals surface area (Å²) in [5.41, 5.74) is -0.847. The van der Waals surface area contributed by atoms with Gasteiger partial charge in [0, 0.05) is 11.9 Å². The third-order valence-corrected chi connectivity index (χ3v) is 3.44. The van der Waals surface area contributed by atoms with Gasteiger partial charge >= 0.3 is 12.1 Å². The first-order valence-corrected chi connectivity index (χ1v) is 7.83. The van der Waals surface area contributed by atoms with E-state index in [4.69, 9.17) is 16.3 Å². The molecule has 0 aromatic heterocycles. The molecule has 132 valence electrons. The lowest BCUT2D eigenvalue weighted by Crippen LogP contribution is -2.22. The number of unbranched alkanes of at least 4 members (excludes halogenated alkanes) is 1. The molecule has 1 atom stereocenters. The van der Waals surface area contributed by atoms with E-state index in [1.54, 1.807) is 6.92 Å².